The zero-order valence-electron chi connectivity index (χ0n) is 16.2. The summed E-state index contributed by atoms with van der Waals surface area (Å²) >= 11 is 3.58. The summed E-state index contributed by atoms with van der Waals surface area (Å²) in [6, 6.07) is 10.3. The van der Waals surface area contributed by atoms with E-state index in [4.69, 9.17) is 9.47 Å². The van der Waals surface area contributed by atoms with Gasteiger partial charge in [-0.15, -0.1) is 0 Å². The molecular weight excluding hydrogens is 411 g/mol. The molecule has 0 saturated heterocycles. The van der Waals surface area contributed by atoms with E-state index in [2.05, 4.69) is 40.0 Å². The van der Waals surface area contributed by atoms with Gasteiger partial charge in [0.15, 0.2) is 11.5 Å². The number of benzene rings is 2. The fourth-order valence-electron chi connectivity index (χ4n) is 2.76. The van der Waals surface area contributed by atoms with Crippen molar-refractivity contribution in [2.45, 2.75) is 27.0 Å². The van der Waals surface area contributed by atoms with E-state index < -0.39 is 0 Å². The van der Waals surface area contributed by atoms with Crippen LogP contribution in [0.15, 0.2) is 40.9 Å². The Kier molecular flexibility index (Phi) is 9.04. The molecule has 0 heterocycles. The Labute approximate surface area is 169 Å². The lowest BCUT2D eigenvalue weighted by Gasteiger charge is -2.18. The summed E-state index contributed by atoms with van der Waals surface area (Å²) in [5, 5.41) is 3.47. The largest absolute Gasteiger partial charge is 0.493 e. The van der Waals surface area contributed by atoms with Crippen molar-refractivity contribution < 1.29 is 13.9 Å². The summed E-state index contributed by atoms with van der Waals surface area (Å²) in [7, 11) is 1.63. The molecule has 27 heavy (non-hydrogen) atoms. The maximum atomic E-state index is 13.0. The Morgan fingerprint density at radius 3 is 2.41 bits per heavy atom. The fraction of sp³-hybridized carbons (Fsp3) is 0.429. The average Bonchev–Trinajstić information content (AvgIpc) is 2.68. The molecule has 6 heteroatoms. The van der Waals surface area contributed by atoms with Crippen LogP contribution in [0.25, 0.3) is 0 Å². The molecule has 148 valence electrons. The first kappa shape index (κ1) is 21.7. The number of hydrogen-bond donors (Lipinski definition) is 1. The first-order valence-electron chi connectivity index (χ1n) is 9.24. The second kappa shape index (κ2) is 11.3. The van der Waals surface area contributed by atoms with Gasteiger partial charge in [0.1, 0.15) is 12.4 Å². The lowest BCUT2D eigenvalue weighted by atomic mass is 10.2. The molecule has 1 N–H and O–H groups in total. The molecule has 0 spiro atoms. The number of hydrogen-bond acceptors (Lipinski definition) is 4. The third-order valence-electron chi connectivity index (χ3n) is 4.41. The van der Waals surface area contributed by atoms with Crippen molar-refractivity contribution in [2.24, 2.45) is 0 Å². The molecule has 0 radical (unpaired) electrons. The van der Waals surface area contributed by atoms with Gasteiger partial charge in [0.2, 0.25) is 0 Å². The lowest BCUT2D eigenvalue weighted by molar-refractivity contribution is 0.282. The molecule has 0 unspecified atom stereocenters. The smallest absolute Gasteiger partial charge is 0.175 e. The highest BCUT2D eigenvalue weighted by Crippen LogP contribution is 2.37. The Morgan fingerprint density at radius 1 is 1.07 bits per heavy atom. The second-order valence-corrected chi connectivity index (χ2v) is 7.08. The molecule has 0 aromatic heterocycles. The van der Waals surface area contributed by atoms with E-state index in [1.807, 2.05) is 12.1 Å². The van der Waals surface area contributed by atoms with Gasteiger partial charge in [-0.3, -0.25) is 0 Å². The maximum absolute atomic E-state index is 13.0. The minimum absolute atomic E-state index is 0.254. The van der Waals surface area contributed by atoms with Crippen molar-refractivity contribution in [2.75, 3.05) is 33.3 Å². The Morgan fingerprint density at radius 2 is 1.78 bits per heavy atom. The Bertz CT molecular complexity index is 706. The van der Waals surface area contributed by atoms with Crippen molar-refractivity contribution in [3.05, 3.63) is 57.8 Å². The molecule has 0 aliphatic carbocycles. The van der Waals surface area contributed by atoms with Gasteiger partial charge in [-0.05, 0) is 64.4 Å². The second-order valence-electron chi connectivity index (χ2n) is 6.23. The van der Waals surface area contributed by atoms with E-state index in [0.29, 0.717) is 18.1 Å². The van der Waals surface area contributed by atoms with Crippen LogP contribution < -0.4 is 14.8 Å². The number of likely N-dealkylation sites (N-methyl/N-ethyl adjacent to an activating group) is 1. The van der Waals surface area contributed by atoms with Crippen LogP contribution in [0.4, 0.5) is 4.39 Å². The summed E-state index contributed by atoms with van der Waals surface area (Å²) in [6.45, 7) is 9.56. The van der Waals surface area contributed by atoms with E-state index in [9.17, 15) is 4.39 Å². The van der Waals surface area contributed by atoms with Crippen molar-refractivity contribution in [1.29, 1.82) is 0 Å². The molecule has 0 aliphatic heterocycles. The number of nitrogens with zero attached hydrogens (tertiary/aromatic N) is 1. The van der Waals surface area contributed by atoms with Gasteiger partial charge >= 0.3 is 0 Å². The van der Waals surface area contributed by atoms with Crippen molar-refractivity contribution in [3.63, 3.8) is 0 Å². The van der Waals surface area contributed by atoms with Gasteiger partial charge in [0, 0.05) is 19.6 Å². The van der Waals surface area contributed by atoms with E-state index in [0.717, 1.165) is 48.3 Å². The number of halogens is 2. The first-order valence-corrected chi connectivity index (χ1v) is 10.0. The Hall–Kier alpha value is -1.63. The summed E-state index contributed by atoms with van der Waals surface area (Å²) in [4.78, 5) is 2.38. The van der Waals surface area contributed by atoms with Crippen LogP contribution >= 0.6 is 15.9 Å². The van der Waals surface area contributed by atoms with Gasteiger partial charge in [-0.2, -0.15) is 0 Å². The van der Waals surface area contributed by atoms with Crippen LogP contribution in [-0.2, 0) is 13.2 Å². The molecule has 2 rings (SSSR count). The number of methoxy groups -OCH3 is 1. The average molecular weight is 439 g/mol. The zero-order valence-corrected chi connectivity index (χ0v) is 17.8. The molecule has 0 amide bonds. The highest BCUT2D eigenvalue weighted by Gasteiger charge is 2.12. The van der Waals surface area contributed by atoms with Crippen molar-refractivity contribution in [1.82, 2.24) is 10.2 Å². The van der Waals surface area contributed by atoms with E-state index in [1.165, 1.54) is 12.1 Å². The third-order valence-corrected chi connectivity index (χ3v) is 5.00. The molecular formula is C21H28BrFN2O2. The topological polar surface area (TPSA) is 33.7 Å². The number of rotatable bonds is 11. The first-order chi connectivity index (χ1) is 13.1. The molecule has 4 nitrogen and oxygen atoms in total. The molecule has 2 aromatic rings. The predicted molar refractivity (Wildman–Crippen MR) is 111 cm³/mol. The minimum Gasteiger partial charge on any atom is -0.493 e. The number of nitrogens with one attached hydrogen (secondary N) is 1. The third kappa shape index (κ3) is 6.79. The SMILES string of the molecule is CCN(CC)CCNCc1cc(Br)c(OCc2ccc(F)cc2)c(OC)c1. The van der Waals surface area contributed by atoms with Gasteiger partial charge in [0.25, 0.3) is 0 Å². The van der Waals surface area contributed by atoms with Crippen LogP contribution in [-0.4, -0.2) is 38.2 Å². The van der Waals surface area contributed by atoms with E-state index in [-0.39, 0.29) is 5.82 Å². The van der Waals surface area contributed by atoms with E-state index >= 15 is 0 Å². The minimum atomic E-state index is -0.254. The fourth-order valence-corrected chi connectivity index (χ4v) is 3.37. The van der Waals surface area contributed by atoms with Crippen LogP contribution in [0.1, 0.15) is 25.0 Å². The van der Waals surface area contributed by atoms with Crippen LogP contribution in [0.5, 0.6) is 11.5 Å². The van der Waals surface area contributed by atoms with Gasteiger partial charge < -0.3 is 19.7 Å². The van der Waals surface area contributed by atoms with Crippen LogP contribution in [0, 0.1) is 5.82 Å². The highest BCUT2D eigenvalue weighted by atomic mass is 79.9. The molecule has 0 bridgehead atoms. The van der Waals surface area contributed by atoms with Gasteiger partial charge in [-0.1, -0.05) is 26.0 Å². The molecule has 0 atom stereocenters. The highest BCUT2D eigenvalue weighted by molar-refractivity contribution is 9.10. The predicted octanol–water partition coefficient (Wildman–Crippen LogP) is 4.61. The number of ether oxygens (including phenoxy) is 2. The lowest BCUT2D eigenvalue weighted by Crippen LogP contribution is -2.31. The standard InChI is InChI=1S/C21H28BrFN2O2/c1-4-25(5-2)11-10-24-14-17-12-19(22)21(20(13-17)26-3)27-15-16-6-8-18(23)9-7-16/h6-9,12-13,24H,4-5,10-11,14-15H2,1-3H3. The quantitative estimate of drug-likeness (QED) is 0.519. The van der Waals surface area contributed by atoms with Crippen LogP contribution in [0.3, 0.4) is 0 Å². The maximum Gasteiger partial charge on any atom is 0.175 e. The van der Waals surface area contributed by atoms with E-state index in [1.54, 1.807) is 19.2 Å². The molecule has 0 aliphatic rings. The zero-order chi connectivity index (χ0) is 19.6. The van der Waals surface area contributed by atoms with Gasteiger partial charge in [-0.25, -0.2) is 4.39 Å². The monoisotopic (exact) mass is 438 g/mol. The van der Waals surface area contributed by atoms with Gasteiger partial charge in [0.05, 0.1) is 11.6 Å². The van der Waals surface area contributed by atoms with Crippen LogP contribution in [0.2, 0.25) is 0 Å². The summed E-state index contributed by atoms with van der Waals surface area (Å²) in [6.07, 6.45) is 0. The molecule has 2 aromatic carbocycles. The molecule has 0 saturated carbocycles. The summed E-state index contributed by atoms with van der Waals surface area (Å²) < 4.78 is 25.3. The normalized spacial score (nSPS) is 11.0. The molecule has 0 fully saturated rings. The Balaban J connectivity index is 1.96. The van der Waals surface area contributed by atoms with Crippen molar-refractivity contribution >= 4 is 15.9 Å². The summed E-state index contributed by atoms with van der Waals surface area (Å²) in [5.74, 6) is 1.07. The summed E-state index contributed by atoms with van der Waals surface area (Å²) in [5.41, 5.74) is 2.01. The van der Waals surface area contributed by atoms with Crippen molar-refractivity contribution in [3.8, 4) is 11.5 Å².